The van der Waals surface area contributed by atoms with Crippen LogP contribution in [0.3, 0.4) is 0 Å². The summed E-state index contributed by atoms with van der Waals surface area (Å²) in [4.78, 5) is 26.6. The van der Waals surface area contributed by atoms with Crippen molar-refractivity contribution in [1.29, 1.82) is 0 Å². The van der Waals surface area contributed by atoms with Gasteiger partial charge in [-0.1, -0.05) is 0 Å². The van der Waals surface area contributed by atoms with Gasteiger partial charge in [-0.2, -0.15) is 26.3 Å². The van der Waals surface area contributed by atoms with E-state index < -0.39 is 40.0 Å². The van der Waals surface area contributed by atoms with Crippen molar-refractivity contribution in [2.45, 2.75) is 63.0 Å². The molecule has 2 N–H and O–H groups in total. The maximum atomic E-state index is 13.1. The Labute approximate surface area is 185 Å². The van der Waals surface area contributed by atoms with Crippen molar-refractivity contribution in [3.63, 3.8) is 0 Å². The van der Waals surface area contributed by atoms with Crippen LogP contribution in [0.1, 0.15) is 49.7 Å². The summed E-state index contributed by atoms with van der Waals surface area (Å²) >= 11 is 0. The fourth-order valence-corrected chi connectivity index (χ4v) is 4.76. The lowest BCUT2D eigenvalue weighted by Crippen LogP contribution is -2.44. The van der Waals surface area contributed by atoms with E-state index in [9.17, 15) is 35.9 Å². The quantitative estimate of drug-likeness (QED) is 0.477. The Morgan fingerprint density at radius 2 is 1.36 bits per heavy atom. The standard InChI is InChI=1S/C22H23F6N3O2/c23-21(24,25)12-8-13(22(26,27)28)10-15(9-12)30-18-17(19(32)20(18)33)29-14-4-3-5-16(11-14)31-6-1-2-7-31/h8-10,14,16,29-30H,1-7,11H2/t14-,16-/m1/s1. The van der Waals surface area contributed by atoms with Crippen LogP contribution >= 0.6 is 0 Å². The molecule has 1 saturated heterocycles. The van der Waals surface area contributed by atoms with E-state index in [0.29, 0.717) is 18.2 Å². The van der Waals surface area contributed by atoms with Gasteiger partial charge in [0.25, 0.3) is 10.9 Å². The maximum absolute atomic E-state index is 13.1. The van der Waals surface area contributed by atoms with Gasteiger partial charge in [-0.15, -0.1) is 0 Å². The molecule has 0 unspecified atom stereocenters. The van der Waals surface area contributed by atoms with Gasteiger partial charge in [0.15, 0.2) is 0 Å². The van der Waals surface area contributed by atoms with Gasteiger partial charge in [0.1, 0.15) is 11.4 Å². The molecule has 0 radical (unpaired) electrons. The molecule has 33 heavy (non-hydrogen) atoms. The van der Waals surface area contributed by atoms with E-state index in [0.717, 1.165) is 51.6 Å². The van der Waals surface area contributed by atoms with E-state index >= 15 is 0 Å². The normalized spacial score (nSPS) is 22.6. The molecular formula is C22H23F6N3O2. The summed E-state index contributed by atoms with van der Waals surface area (Å²) in [5.41, 5.74) is -5.78. The number of hydrogen-bond donors (Lipinski definition) is 2. The maximum Gasteiger partial charge on any atom is 0.416 e. The average Bonchev–Trinajstić information content (AvgIpc) is 3.30. The highest BCUT2D eigenvalue weighted by atomic mass is 19.4. The van der Waals surface area contributed by atoms with E-state index in [4.69, 9.17) is 0 Å². The SMILES string of the molecule is O=c1c(Nc2cc(C(F)(F)F)cc(C(F)(F)F)c2)c(N[C@@H]2CCC[C@@H](N3CCCC3)C2)c1=O. The largest absolute Gasteiger partial charge is 0.416 e. The molecule has 1 heterocycles. The van der Waals surface area contributed by atoms with Crippen LogP contribution in [0.15, 0.2) is 27.8 Å². The minimum Gasteiger partial charge on any atom is -0.377 e. The van der Waals surface area contributed by atoms with Gasteiger partial charge < -0.3 is 15.5 Å². The second-order valence-electron chi connectivity index (χ2n) is 8.73. The fourth-order valence-electron chi connectivity index (χ4n) is 4.76. The zero-order valence-corrected chi connectivity index (χ0v) is 17.6. The lowest BCUT2D eigenvalue weighted by atomic mass is 9.89. The number of nitrogens with one attached hydrogen (secondary N) is 2. The molecule has 1 saturated carbocycles. The lowest BCUT2D eigenvalue weighted by molar-refractivity contribution is -0.143. The molecule has 180 valence electrons. The van der Waals surface area contributed by atoms with Gasteiger partial charge in [-0.3, -0.25) is 9.59 Å². The van der Waals surface area contributed by atoms with E-state index in [-0.39, 0.29) is 23.5 Å². The molecule has 0 bridgehead atoms. The Kier molecular flexibility index (Phi) is 6.19. The molecule has 2 fully saturated rings. The van der Waals surface area contributed by atoms with Crippen LogP contribution in [-0.2, 0) is 12.4 Å². The van der Waals surface area contributed by atoms with E-state index in [1.807, 2.05) is 0 Å². The molecular weight excluding hydrogens is 452 g/mol. The molecule has 0 aromatic heterocycles. The number of benzene rings is 1. The number of anilines is 3. The third kappa shape index (κ3) is 5.02. The molecule has 2 aromatic carbocycles. The Hall–Kier alpha value is -2.56. The van der Waals surface area contributed by atoms with Crippen LogP contribution in [0.25, 0.3) is 0 Å². The topological polar surface area (TPSA) is 61.4 Å². The molecule has 2 atom stereocenters. The number of rotatable bonds is 5. The first-order valence-electron chi connectivity index (χ1n) is 10.8. The highest BCUT2D eigenvalue weighted by molar-refractivity contribution is 5.79. The Bertz CT molecular complexity index is 1050. The van der Waals surface area contributed by atoms with Gasteiger partial charge in [0.05, 0.1) is 11.1 Å². The highest BCUT2D eigenvalue weighted by Crippen LogP contribution is 2.38. The van der Waals surface area contributed by atoms with E-state index in [2.05, 4.69) is 15.5 Å². The van der Waals surface area contributed by atoms with Crippen molar-refractivity contribution in [2.75, 3.05) is 23.7 Å². The Morgan fingerprint density at radius 1 is 0.788 bits per heavy atom. The molecule has 11 heteroatoms. The van der Waals surface area contributed by atoms with E-state index in [1.165, 1.54) is 0 Å². The number of nitrogens with zero attached hydrogens (tertiary/aromatic N) is 1. The summed E-state index contributed by atoms with van der Waals surface area (Å²) < 4.78 is 78.7. The van der Waals surface area contributed by atoms with Crippen LogP contribution < -0.4 is 21.5 Å². The summed E-state index contributed by atoms with van der Waals surface area (Å²) in [6, 6.07) is 1.22. The third-order valence-electron chi connectivity index (χ3n) is 6.42. The first-order chi connectivity index (χ1) is 15.4. The van der Waals surface area contributed by atoms with Gasteiger partial charge in [-0.25, -0.2) is 0 Å². The van der Waals surface area contributed by atoms with Crippen LogP contribution in [0.2, 0.25) is 0 Å². The van der Waals surface area contributed by atoms with Crippen molar-refractivity contribution in [3.05, 3.63) is 49.8 Å². The molecule has 2 aliphatic rings. The summed E-state index contributed by atoms with van der Waals surface area (Å²) in [6.45, 7) is 2.03. The second kappa shape index (κ2) is 8.66. The van der Waals surface area contributed by atoms with Gasteiger partial charge in [-0.05, 0) is 69.8 Å². The zero-order chi connectivity index (χ0) is 24.0. The monoisotopic (exact) mass is 475 g/mol. The predicted molar refractivity (Wildman–Crippen MR) is 112 cm³/mol. The zero-order valence-electron chi connectivity index (χ0n) is 17.6. The van der Waals surface area contributed by atoms with Crippen LogP contribution in [0.5, 0.6) is 0 Å². The number of hydrogen-bond acceptors (Lipinski definition) is 5. The van der Waals surface area contributed by atoms with Crippen LogP contribution in [0.4, 0.5) is 43.4 Å². The van der Waals surface area contributed by atoms with E-state index in [1.54, 1.807) is 0 Å². The molecule has 0 amide bonds. The van der Waals surface area contributed by atoms with Crippen molar-refractivity contribution >= 4 is 17.1 Å². The second-order valence-corrected chi connectivity index (χ2v) is 8.73. The Balaban J connectivity index is 1.55. The fraction of sp³-hybridized carbons (Fsp3) is 0.545. The predicted octanol–water partition coefficient (Wildman–Crippen LogP) is 4.88. The van der Waals surface area contributed by atoms with Crippen molar-refractivity contribution in [3.8, 4) is 0 Å². The molecule has 1 aliphatic heterocycles. The number of halogens is 6. The highest BCUT2D eigenvalue weighted by Gasteiger charge is 2.37. The first-order valence-corrected chi connectivity index (χ1v) is 10.8. The number of alkyl halides is 6. The number of likely N-dealkylation sites (tertiary alicyclic amines) is 1. The van der Waals surface area contributed by atoms with Gasteiger partial charge in [0.2, 0.25) is 0 Å². The molecule has 0 spiro atoms. The van der Waals surface area contributed by atoms with Gasteiger partial charge in [0, 0.05) is 17.8 Å². The summed E-state index contributed by atoms with van der Waals surface area (Å²) in [5.74, 6) is 0. The van der Waals surface area contributed by atoms with Crippen molar-refractivity contribution < 1.29 is 26.3 Å². The molecule has 2 aromatic rings. The van der Waals surface area contributed by atoms with Crippen LogP contribution in [0, 0.1) is 0 Å². The summed E-state index contributed by atoms with van der Waals surface area (Å²) in [7, 11) is 0. The van der Waals surface area contributed by atoms with Gasteiger partial charge >= 0.3 is 12.4 Å². The lowest BCUT2D eigenvalue weighted by Gasteiger charge is -2.36. The minimum atomic E-state index is -5.01. The average molecular weight is 475 g/mol. The summed E-state index contributed by atoms with van der Waals surface area (Å²) in [6.07, 6.45) is -4.31. The Morgan fingerprint density at radius 3 is 1.94 bits per heavy atom. The van der Waals surface area contributed by atoms with Crippen molar-refractivity contribution in [1.82, 2.24) is 4.90 Å². The first kappa shape index (κ1) is 23.6. The minimum absolute atomic E-state index is 0.00694. The summed E-state index contributed by atoms with van der Waals surface area (Å²) in [5, 5.41) is 5.35. The van der Waals surface area contributed by atoms with Crippen molar-refractivity contribution in [2.24, 2.45) is 0 Å². The third-order valence-corrected chi connectivity index (χ3v) is 6.42. The molecule has 4 rings (SSSR count). The van der Waals surface area contributed by atoms with Crippen LogP contribution in [-0.4, -0.2) is 30.1 Å². The molecule has 1 aliphatic carbocycles. The molecule has 5 nitrogen and oxygen atoms in total. The smallest absolute Gasteiger partial charge is 0.377 e.